The van der Waals surface area contributed by atoms with Gasteiger partial charge in [-0.2, -0.15) is 5.26 Å². The molecule has 34 heavy (non-hydrogen) atoms. The number of morpholine rings is 1. The molecule has 0 spiro atoms. The first-order valence-electron chi connectivity index (χ1n) is 11.2. The molecule has 2 aromatic carbocycles. The molecule has 0 aliphatic carbocycles. The quantitative estimate of drug-likeness (QED) is 0.586. The van der Waals surface area contributed by atoms with Crippen molar-refractivity contribution >= 4 is 28.9 Å². The molecule has 0 saturated carbocycles. The molecule has 6 nitrogen and oxygen atoms in total. The molecule has 4 rings (SSSR count). The van der Waals surface area contributed by atoms with Gasteiger partial charge in [-0.3, -0.25) is 14.2 Å². The van der Waals surface area contributed by atoms with Crippen molar-refractivity contribution in [3.63, 3.8) is 0 Å². The number of hydrogen-bond donors (Lipinski definition) is 0. The smallest absolute Gasteiger partial charge is 0.273 e. The van der Waals surface area contributed by atoms with Gasteiger partial charge in [-0.15, -0.1) is 11.3 Å². The molecule has 1 amide bonds. The molecule has 1 aliphatic rings. The summed E-state index contributed by atoms with van der Waals surface area (Å²) in [4.78, 5) is 28.7. The summed E-state index contributed by atoms with van der Waals surface area (Å²) in [6.45, 7) is 9.64. The van der Waals surface area contributed by atoms with Crippen molar-refractivity contribution in [2.75, 3.05) is 26.3 Å². The molecule has 3 aromatic rings. The van der Waals surface area contributed by atoms with Gasteiger partial charge in [-0.1, -0.05) is 41.5 Å². The van der Waals surface area contributed by atoms with Crippen LogP contribution in [0.1, 0.15) is 27.8 Å². The first-order chi connectivity index (χ1) is 16.3. The summed E-state index contributed by atoms with van der Waals surface area (Å²) in [5.74, 6) is -0.371. The van der Waals surface area contributed by atoms with Gasteiger partial charge in [0.05, 0.1) is 23.4 Å². The molecule has 1 saturated heterocycles. The second-order valence-corrected chi connectivity index (χ2v) is 9.63. The number of aryl methyl sites for hydroxylation is 4. The van der Waals surface area contributed by atoms with E-state index in [2.05, 4.69) is 6.07 Å². The standard InChI is InChI=1S/C27H27N3O3S/c1-17-6-8-23(20(4)13-17)30-26(32)24(15-21-14-18(2)5-7-19(21)3)34-27(30)22(16-28)25(31)29-9-11-33-12-10-29/h5-8,13-15H,9-12H2,1-4H3/b24-15+,27-22-. The van der Waals surface area contributed by atoms with Crippen LogP contribution in [0.2, 0.25) is 0 Å². The molecule has 2 heterocycles. The van der Waals surface area contributed by atoms with Gasteiger partial charge in [0.1, 0.15) is 10.7 Å². The minimum absolute atomic E-state index is 0.0235. The Labute approximate surface area is 202 Å². The monoisotopic (exact) mass is 473 g/mol. The van der Waals surface area contributed by atoms with E-state index in [0.717, 1.165) is 27.8 Å². The Morgan fingerprint density at radius 1 is 1.03 bits per heavy atom. The topological polar surface area (TPSA) is 75.3 Å². The molecule has 7 heteroatoms. The molecule has 0 N–H and O–H groups in total. The van der Waals surface area contributed by atoms with Gasteiger partial charge in [0.25, 0.3) is 11.5 Å². The Balaban J connectivity index is 2.05. The van der Waals surface area contributed by atoms with Crippen molar-refractivity contribution < 1.29 is 9.53 Å². The number of thiazole rings is 1. The summed E-state index contributed by atoms with van der Waals surface area (Å²) in [5.41, 5.74) is 5.46. The van der Waals surface area contributed by atoms with Crippen molar-refractivity contribution in [2.24, 2.45) is 0 Å². The Bertz CT molecular complexity index is 1480. The number of amides is 1. The maximum atomic E-state index is 13.7. The minimum Gasteiger partial charge on any atom is -0.378 e. The highest BCUT2D eigenvalue weighted by Gasteiger charge is 2.24. The zero-order chi connectivity index (χ0) is 24.4. The van der Waals surface area contributed by atoms with E-state index in [0.29, 0.717) is 41.2 Å². The average Bonchev–Trinajstić information content (AvgIpc) is 3.13. The Kier molecular flexibility index (Phi) is 6.82. The number of ether oxygens (including phenoxy) is 1. The van der Waals surface area contributed by atoms with E-state index < -0.39 is 0 Å². The zero-order valence-corrected chi connectivity index (χ0v) is 20.7. The number of aromatic nitrogens is 1. The first kappa shape index (κ1) is 23.7. The molecule has 0 unspecified atom stereocenters. The van der Waals surface area contributed by atoms with E-state index >= 15 is 0 Å². The van der Waals surface area contributed by atoms with Crippen LogP contribution in [0.25, 0.3) is 17.3 Å². The first-order valence-corrected chi connectivity index (χ1v) is 12.0. The lowest BCUT2D eigenvalue weighted by atomic mass is 10.1. The lowest BCUT2D eigenvalue weighted by Gasteiger charge is -2.26. The van der Waals surface area contributed by atoms with E-state index in [4.69, 9.17) is 4.74 Å². The van der Waals surface area contributed by atoms with Crippen LogP contribution in [-0.2, 0) is 9.53 Å². The number of carbonyl (C=O) groups is 1. The highest BCUT2D eigenvalue weighted by molar-refractivity contribution is 7.07. The van der Waals surface area contributed by atoms with Crippen molar-refractivity contribution in [1.82, 2.24) is 9.47 Å². The predicted molar refractivity (Wildman–Crippen MR) is 135 cm³/mol. The highest BCUT2D eigenvalue weighted by Crippen LogP contribution is 2.15. The average molecular weight is 474 g/mol. The van der Waals surface area contributed by atoms with Crippen molar-refractivity contribution in [2.45, 2.75) is 27.7 Å². The lowest BCUT2D eigenvalue weighted by Crippen LogP contribution is -2.42. The van der Waals surface area contributed by atoms with Gasteiger partial charge in [-0.05, 0) is 56.5 Å². The third-order valence-corrected chi connectivity index (χ3v) is 7.07. The van der Waals surface area contributed by atoms with Crippen LogP contribution in [0.4, 0.5) is 0 Å². The molecule has 1 aliphatic heterocycles. The van der Waals surface area contributed by atoms with Gasteiger partial charge in [0.2, 0.25) is 0 Å². The van der Waals surface area contributed by atoms with E-state index in [-0.39, 0.29) is 17.0 Å². The van der Waals surface area contributed by atoms with Gasteiger partial charge in [0.15, 0.2) is 5.57 Å². The number of nitrogens with zero attached hydrogens (tertiary/aromatic N) is 3. The van der Waals surface area contributed by atoms with Gasteiger partial charge in [-0.25, -0.2) is 0 Å². The Morgan fingerprint density at radius 3 is 2.38 bits per heavy atom. The lowest BCUT2D eigenvalue weighted by molar-refractivity contribution is -0.128. The fourth-order valence-corrected chi connectivity index (χ4v) is 5.17. The fraction of sp³-hybridized carbons (Fsp3) is 0.296. The Morgan fingerprint density at radius 2 is 1.71 bits per heavy atom. The van der Waals surface area contributed by atoms with Crippen LogP contribution < -0.4 is 14.8 Å². The summed E-state index contributed by atoms with van der Waals surface area (Å²) in [7, 11) is 0. The third kappa shape index (κ3) is 4.60. The largest absolute Gasteiger partial charge is 0.378 e. The van der Waals surface area contributed by atoms with Gasteiger partial charge >= 0.3 is 0 Å². The van der Waals surface area contributed by atoms with E-state index in [1.807, 2.05) is 70.2 Å². The molecule has 0 radical (unpaired) electrons. The van der Waals surface area contributed by atoms with Crippen molar-refractivity contribution in [3.8, 4) is 11.8 Å². The van der Waals surface area contributed by atoms with Crippen LogP contribution in [0, 0.1) is 39.0 Å². The van der Waals surface area contributed by atoms with Crippen LogP contribution >= 0.6 is 11.3 Å². The summed E-state index contributed by atoms with van der Waals surface area (Å²) in [6, 6.07) is 14.0. The second-order valence-electron chi connectivity index (χ2n) is 8.60. The number of nitriles is 1. The summed E-state index contributed by atoms with van der Waals surface area (Å²) in [5, 5.41) is 10.1. The fourth-order valence-electron chi connectivity index (χ4n) is 4.09. The summed E-state index contributed by atoms with van der Waals surface area (Å²) in [6.07, 6.45) is 1.85. The minimum atomic E-state index is -0.371. The molecule has 0 bridgehead atoms. The number of hydrogen-bond acceptors (Lipinski definition) is 5. The van der Waals surface area contributed by atoms with Gasteiger partial charge < -0.3 is 9.64 Å². The molecule has 1 aromatic heterocycles. The van der Waals surface area contributed by atoms with Crippen LogP contribution in [0.15, 0.2) is 41.2 Å². The summed E-state index contributed by atoms with van der Waals surface area (Å²) < 4.78 is 7.71. The molecule has 0 atom stereocenters. The van der Waals surface area contributed by atoms with Crippen LogP contribution in [0.5, 0.6) is 0 Å². The zero-order valence-electron chi connectivity index (χ0n) is 19.8. The van der Waals surface area contributed by atoms with E-state index in [1.165, 1.54) is 15.9 Å². The maximum absolute atomic E-state index is 13.7. The summed E-state index contributed by atoms with van der Waals surface area (Å²) >= 11 is 1.18. The predicted octanol–water partition coefficient (Wildman–Crippen LogP) is 2.49. The van der Waals surface area contributed by atoms with Crippen molar-refractivity contribution in [3.05, 3.63) is 83.8 Å². The maximum Gasteiger partial charge on any atom is 0.273 e. The number of carbonyl (C=O) groups excluding carboxylic acids is 1. The van der Waals surface area contributed by atoms with E-state index in [9.17, 15) is 14.9 Å². The number of benzene rings is 2. The normalized spacial score (nSPS) is 15.3. The van der Waals surface area contributed by atoms with Crippen molar-refractivity contribution in [1.29, 1.82) is 5.26 Å². The molecular formula is C27H27N3O3S. The molecular weight excluding hydrogens is 446 g/mol. The van der Waals surface area contributed by atoms with Gasteiger partial charge in [0, 0.05) is 13.1 Å². The number of rotatable bonds is 3. The van der Waals surface area contributed by atoms with Crippen LogP contribution in [0.3, 0.4) is 0 Å². The third-order valence-electron chi connectivity index (χ3n) is 5.98. The second kappa shape index (κ2) is 9.80. The molecule has 174 valence electrons. The SMILES string of the molecule is Cc1ccc(-n2c(=O)/c(=C\c3cc(C)ccc3C)s/c2=C(/C#N)C(=O)N2CCOCC2)c(C)c1. The highest BCUT2D eigenvalue weighted by atomic mass is 32.1. The van der Waals surface area contributed by atoms with E-state index in [1.54, 1.807) is 4.90 Å². The Hall–Kier alpha value is -3.47. The molecule has 1 fully saturated rings. The van der Waals surface area contributed by atoms with Crippen LogP contribution in [-0.4, -0.2) is 41.7 Å².